The lowest BCUT2D eigenvalue weighted by Gasteiger charge is -2.30. The van der Waals surface area contributed by atoms with Crippen molar-refractivity contribution in [2.24, 2.45) is 0 Å². The zero-order valence-corrected chi connectivity index (χ0v) is 18.4. The second-order valence-electron chi connectivity index (χ2n) is 8.02. The fourth-order valence-corrected chi connectivity index (χ4v) is 4.12. The van der Waals surface area contributed by atoms with Gasteiger partial charge in [0.2, 0.25) is 0 Å². The standard InChI is InChI=1S/C26H25ClN2O2/c1-17-5-3-6-22(15-17)26(31)29-14-4-7-20-16-21(10-13-24(20)29)25(30)28-18(2)19-8-11-23(27)12-9-19/h3,5-6,8-13,15-16,18H,4,7,14H2,1-2H3,(H,28,30)/t18-/m0/s1. The summed E-state index contributed by atoms with van der Waals surface area (Å²) in [6.07, 6.45) is 1.72. The fraction of sp³-hybridized carbons (Fsp3) is 0.231. The van der Waals surface area contributed by atoms with E-state index in [4.69, 9.17) is 11.6 Å². The fourth-order valence-electron chi connectivity index (χ4n) is 4.00. The van der Waals surface area contributed by atoms with Crippen molar-refractivity contribution in [3.05, 3.63) is 99.6 Å². The number of nitrogens with zero attached hydrogens (tertiary/aromatic N) is 1. The van der Waals surface area contributed by atoms with Crippen LogP contribution in [0.25, 0.3) is 0 Å². The average Bonchev–Trinajstić information content (AvgIpc) is 2.78. The molecule has 0 radical (unpaired) electrons. The van der Waals surface area contributed by atoms with Crippen LogP contribution in [0.5, 0.6) is 0 Å². The molecule has 1 N–H and O–H groups in total. The van der Waals surface area contributed by atoms with Gasteiger partial charge in [-0.15, -0.1) is 0 Å². The predicted octanol–water partition coefficient (Wildman–Crippen LogP) is 5.73. The van der Waals surface area contributed by atoms with Gasteiger partial charge < -0.3 is 10.2 Å². The molecule has 1 heterocycles. The minimum absolute atomic E-state index is 0.00166. The number of halogens is 1. The zero-order chi connectivity index (χ0) is 22.0. The van der Waals surface area contributed by atoms with Gasteiger partial charge in [0.1, 0.15) is 0 Å². The van der Waals surface area contributed by atoms with E-state index in [0.29, 0.717) is 22.7 Å². The zero-order valence-electron chi connectivity index (χ0n) is 17.7. The van der Waals surface area contributed by atoms with Gasteiger partial charge in [0.15, 0.2) is 0 Å². The Morgan fingerprint density at radius 1 is 1.00 bits per heavy atom. The minimum atomic E-state index is -0.139. The summed E-state index contributed by atoms with van der Waals surface area (Å²) in [6, 6.07) is 20.6. The first-order valence-corrected chi connectivity index (χ1v) is 10.9. The van der Waals surface area contributed by atoms with Crippen LogP contribution >= 0.6 is 11.6 Å². The first-order valence-electron chi connectivity index (χ1n) is 10.5. The van der Waals surface area contributed by atoms with E-state index in [1.807, 2.05) is 79.4 Å². The molecular weight excluding hydrogens is 408 g/mol. The Bertz CT molecular complexity index is 1120. The molecule has 1 aliphatic rings. The van der Waals surface area contributed by atoms with Gasteiger partial charge in [-0.2, -0.15) is 0 Å². The number of rotatable bonds is 4. The Balaban J connectivity index is 1.53. The largest absolute Gasteiger partial charge is 0.346 e. The Labute approximate surface area is 187 Å². The molecule has 4 rings (SSSR count). The molecule has 2 amide bonds. The van der Waals surface area contributed by atoms with E-state index in [2.05, 4.69) is 5.32 Å². The Morgan fingerprint density at radius 3 is 2.52 bits per heavy atom. The maximum absolute atomic E-state index is 13.1. The third-order valence-electron chi connectivity index (χ3n) is 5.69. The third-order valence-corrected chi connectivity index (χ3v) is 5.94. The van der Waals surface area contributed by atoms with Crippen molar-refractivity contribution in [2.75, 3.05) is 11.4 Å². The van der Waals surface area contributed by atoms with Crippen molar-refractivity contribution in [3.63, 3.8) is 0 Å². The molecule has 1 atom stereocenters. The molecule has 0 saturated heterocycles. The summed E-state index contributed by atoms with van der Waals surface area (Å²) in [4.78, 5) is 27.8. The van der Waals surface area contributed by atoms with Crippen molar-refractivity contribution in [1.82, 2.24) is 5.32 Å². The van der Waals surface area contributed by atoms with Gasteiger partial charge in [-0.05, 0) is 80.3 Å². The highest BCUT2D eigenvalue weighted by molar-refractivity contribution is 6.30. The Kier molecular flexibility index (Phi) is 6.10. The van der Waals surface area contributed by atoms with Crippen LogP contribution in [0.1, 0.15) is 56.8 Å². The molecule has 0 spiro atoms. The number of carbonyl (C=O) groups is 2. The predicted molar refractivity (Wildman–Crippen MR) is 125 cm³/mol. The highest BCUT2D eigenvalue weighted by Crippen LogP contribution is 2.30. The lowest BCUT2D eigenvalue weighted by atomic mass is 9.97. The molecule has 0 aliphatic carbocycles. The maximum atomic E-state index is 13.1. The van der Waals surface area contributed by atoms with Gasteiger partial charge in [0, 0.05) is 28.4 Å². The summed E-state index contributed by atoms with van der Waals surface area (Å²) >= 11 is 5.95. The van der Waals surface area contributed by atoms with Crippen LogP contribution in [0.3, 0.4) is 0 Å². The smallest absolute Gasteiger partial charge is 0.258 e. The molecule has 0 bridgehead atoms. The lowest BCUT2D eigenvalue weighted by molar-refractivity contribution is 0.0939. The summed E-state index contributed by atoms with van der Waals surface area (Å²) in [5.41, 5.74) is 5.26. The van der Waals surface area contributed by atoms with Gasteiger partial charge in [0.05, 0.1) is 6.04 Å². The van der Waals surface area contributed by atoms with Gasteiger partial charge in [-0.1, -0.05) is 41.4 Å². The first-order chi connectivity index (χ1) is 14.9. The summed E-state index contributed by atoms with van der Waals surface area (Å²) in [5, 5.41) is 3.71. The van der Waals surface area contributed by atoms with Crippen LogP contribution in [0.15, 0.2) is 66.7 Å². The summed E-state index contributed by atoms with van der Waals surface area (Å²) in [5.74, 6) is -0.134. The molecule has 3 aromatic carbocycles. The number of anilines is 1. The molecule has 0 fully saturated rings. The number of carbonyl (C=O) groups excluding carboxylic acids is 2. The molecule has 0 saturated carbocycles. The monoisotopic (exact) mass is 432 g/mol. The normalized spacial score (nSPS) is 14.0. The quantitative estimate of drug-likeness (QED) is 0.572. The summed E-state index contributed by atoms with van der Waals surface area (Å²) in [7, 11) is 0. The van der Waals surface area contributed by atoms with Crippen LogP contribution < -0.4 is 10.2 Å². The molecule has 0 aromatic heterocycles. The van der Waals surface area contributed by atoms with Gasteiger partial charge in [-0.3, -0.25) is 9.59 Å². The topological polar surface area (TPSA) is 49.4 Å². The highest BCUT2D eigenvalue weighted by Gasteiger charge is 2.25. The van der Waals surface area contributed by atoms with E-state index in [-0.39, 0.29) is 17.9 Å². The van der Waals surface area contributed by atoms with E-state index in [0.717, 1.165) is 35.2 Å². The number of hydrogen-bond donors (Lipinski definition) is 1. The number of benzene rings is 3. The highest BCUT2D eigenvalue weighted by atomic mass is 35.5. The number of nitrogens with one attached hydrogen (secondary N) is 1. The summed E-state index contributed by atoms with van der Waals surface area (Å²) in [6.45, 7) is 4.61. The maximum Gasteiger partial charge on any atom is 0.258 e. The van der Waals surface area contributed by atoms with Crippen LogP contribution in [0.4, 0.5) is 5.69 Å². The van der Waals surface area contributed by atoms with E-state index in [1.54, 1.807) is 6.07 Å². The average molecular weight is 433 g/mol. The Hall–Kier alpha value is -3.11. The second kappa shape index (κ2) is 8.94. The van der Waals surface area contributed by atoms with Crippen molar-refractivity contribution in [3.8, 4) is 0 Å². The minimum Gasteiger partial charge on any atom is -0.346 e. The van der Waals surface area contributed by atoms with Crippen molar-refractivity contribution >= 4 is 29.1 Å². The third kappa shape index (κ3) is 4.64. The molecule has 158 valence electrons. The van der Waals surface area contributed by atoms with Gasteiger partial charge in [0.25, 0.3) is 11.8 Å². The van der Waals surface area contributed by atoms with E-state index in [1.165, 1.54) is 0 Å². The van der Waals surface area contributed by atoms with Crippen LogP contribution in [-0.4, -0.2) is 18.4 Å². The molecule has 5 heteroatoms. The van der Waals surface area contributed by atoms with Crippen molar-refractivity contribution in [1.29, 1.82) is 0 Å². The number of fused-ring (bicyclic) bond motifs is 1. The van der Waals surface area contributed by atoms with Crippen LogP contribution in [-0.2, 0) is 6.42 Å². The van der Waals surface area contributed by atoms with Crippen LogP contribution in [0, 0.1) is 6.92 Å². The van der Waals surface area contributed by atoms with Gasteiger partial charge in [-0.25, -0.2) is 0 Å². The first kappa shape index (κ1) is 21.1. The number of hydrogen-bond acceptors (Lipinski definition) is 2. The van der Waals surface area contributed by atoms with E-state index < -0.39 is 0 Å². The van der Waals surface area contributed by atoms with Crippen LogP contribution in [0.2, 0.25) is 5.02 Å². The Morgan fingerprint density at radius 2 is 1.77 bits per heavy atom. The molecule has 31 heavy (non-hydrogen) atoms. The molecule has 3 aromatic rings. The molecule has 0 unspecified atom stereocenters. The molecule has 4 nitrogen and oxygen atoms in total. The SMILES string of the molecule is Cc1cccc(C(=O)N2CCCc3cc(C(=O)N[C@@H](C)c4ccc(Cl)cc4)ccc32)c1. The summed E-state index contributed by atoms with van der Waals surface area (Å²) < 4.78 is 0. The second-order valence-corrected chi connectivity index (χ2v) is 8.46. The van der Waals surface area contributed by atoms with Crippen molar-refractivity contribution < 1.29 is 9.59 Å². The lowest BCUT2D eigenvalue weighted by Crippen LogP contribution is -2.35. The number of amides is 2. The van der Waals surface area contributed by atoms with E-state index >= 15 is 0 Å². The van der Waals surface area contributed by atoms with Crippen molar-refractivity contribution in [2.45, 2.75) is 32.7 Å². The van der Waals surface area contributed by atoms with E-state index in [9.17, 15) is 9.59 Å². The van der Waals surface area contributed by atoms with Gasteiger partial charge >= 0.3 is 0 Å². The molecule has 1 aliphatic heterocycles. The molecular formula is C26H25ClN2O2. The number of aryl methyl sites for hydroxylation is 2.